The zero-order valence-electron chi connectivity index (χ0n) is 26.1. The van der Waals surface area contributed by atoms with Crippen LogP contribution >= 0.6 is 0 Å². The molecule has 8 aromatic rings. The average Bonchev–Trinajstić information content (AvgIpc) is 3.72. The first-order valence-corrected chi connectivity index (χ1v) is 16.5. The molecule has 48 heavy (non-hydrogen) atoms. The lowest BCUT2D eigenvalue weighted by Crippen LogP contribution is -2.15. The maximum atomic E-state index is 6.90. The van der Waals surface area contributed by atoms with Gasteiger partial charge in [0, 0.05) is 39.1 Å². The van der Waals surface area contributed by atoms with Gasteiger partial charge in [-0.25, -0.2) is 4.98 Å². The van der Waals surface area contributed by atoms with Gasteiger partial charge in [0.2, 0.25) is 0 Å². The number of allylic oxidation sites excluding steroid dienone is 2. The number of aromatic nitrogens is 2. The van der Waals surface area contributed by atoms with Crippen LogP contribution in [0.15, 0.2) is 170 Å². The van der Waals surface area contributed by atoms with Crippen LogP contribution in [-0.2, 0) is 0 Å². The number of hydrogen-bond donors (Lipinski definition) is 0. The molecule has 0 fully saturated rings. The summed E-state index contributed by atoms with van der Waals surface area (Å²) in [4.78, 5) is 5.46. The van der Waals surface area contributed by atoms with E-state index in [-0.39, 0.29) is 12.0 Å². The average molecular weight is 615 g/mol. The summed E-state index contributed by atoms with van der Waals surface area (Å²) in [6, 6.07) is 51.9. The Balaban J connectivity index is 1.39. The summed E-state index contributed by atoms with van der Waals surface area (Å²) < 4.78 is 9.34. The largest absolute Gasteiger partial charge is 0.484 e. The lowest BCUT2D eigenvalue weighted by molar-refractivity contribution is 0.271. The zero-order valence-corrected chi connectivity index (χ0v) is 26.1. The molecule has 0 amide bonds. The van der Waals surface area contributed by atoms with E-state index in [0.717, 1.165) is 56.0 Å². The first kappa shape index (κ1) is 27.0. The SMILES string of the molecule is C1=CC2c3cc(-c4cc(-c5ccccc5)cc(-c5ccccc5)n4)c4c(c3O[C@@H]2C=C1)c1ccc2ccccc2c1n4-c1ccccc1. The van der Waals surface area contributed by atoms with Gasteiger partial charge in [-0.05, 0) is 52.9 Å². The molecule has 1 aliphatic heterocycles. The van der Waals surface area contributed by atoms with Gasteiger partial charge >= 0.3 is 0 Å². The third kappa shape index (κ3) is 4.11. The number of hydrogen-bond acceptors (Lipinski definition) is 2. The van der Waals surface area contributed by atoms with E-state index in [2.05, 4.69) is 174 Å². The fourth-order valence-corrected chi connectivity index (χ4v) is 7.71. The van der Waals surface area contributed by atoms with Crippen molar-refractivity contribution in [3.63, 3.8) is 0 Å². The van der Waals surface area contributed by atoms with Crippen molar-refractivity contribution in [2.75, 3.05) is 0 Å². The Labute approximate surface area is 278 Å². The van der Waals surface area contributed by atoms with Gasteiger partial charge in [-0.15, -0.1) is 0 Å². The van der Waals surface area contributed by atoms with Gasteiger partial charge in [-0.3, -0.25) is 0 Å². The van der Waals surface area contributed by atoms with Gasteiger partial charge in [0.25, 0.3) is 0 Å². The topological polar surface area (TPSA) is 27.1 Å². The first-order valence-electron chi connectivity index (χ1n) is 16.5. The highest BCUT2D eigenvalue weighted by molar-refractivity contribution is 6.23. The zero-order chi connectivity index (χ0) is 31.6. The minimum absolute atomic E-state index is 0.0393. The summed E-state index contributed by atoms with van der Waals surface area (Å²) in [6.45, 7) is 0. The van der Waals surface area contributed by atoms with Crippen LogP contribution in [0.5, 0.6) is 5.75 Å². The number of ether oxygens (including phenoxy) is 1. The van der Waals surface area contributed by atoms with E-state index in [1.807, 2.05) is 0 Å². The number of rotatable bonds is 4. The highest BCUT2D eigenvalue weighted by Crippen LogP contribution is 2.52. The van der Waals surface area contributed by atoms with Gasteiger partial charge < -0.3 is 9.30 Å². The van der Waals surface area contributed by atoms with Crippen molar-refractivity contribution in [1.82, 2.24) is 9.55 Å². The predicted octanol–water partition coefficient (Wildman–Crippen LogP) is 11.3. The highest BCUT2D eigenvalue weighted by Gasteiger charge is 2.36. The maximum Gasteiger partial charge on any atom is 0.134 e. The summed E-state index contributed by atoms with van der Waals surface area (Å²) >= 11 is 0. The van der Waals surface area contributed by atoms with Crippen LogP contribution in [0, 0.1) is 0 Å². The fourth-order valence-electron chi connectivity index (χ4n) is 7.71. The van der Waals surface area contributed by atoms with Crippen LogP contribution in [0.4, 0.5) is 0 Å². The third-order valence-electron chi connectivity index (χ3n) is 9.89. The summed E-state index contributed by atoms with van der Waals surface area (Å²) in [7, 11) is 0. The van der Waals surface area contributed by atoms with Crippen LogP contribution < -0.4 is 4.74 Å². The second-order valence-electron chi connectivity index (χ2n) is 12.7. The molecule has 3 heteroatoms. The van der Waals surface area contributed by atoms with Crippen LogP contribution in [0.2, 0.25) is 0 Å². The molecule has 2 aliphatic rings. The number of para-hydroxylation sites is 1. The molecule has 2 atom stereocenters. The molecule has 226 valence electrons. The Morgan fingerprint density at radius 3 is 2.04 bits per heavy atom. The van der Waals surface area contributed by atoms with E-state index < -0.39 is 0 Å². The Morgan fingerprint density at radius 2 is 1.23 bits per heavy atom. The van der Waals surface area contributed by atoms with E-state index in [4.69, 9.17) is 9.72 Å². The normalized spacial score (nSPS) is 16.3. The summed E-state index contributed by atoms with van der Waals surface area (Å²) in [5, 5.41) is 4.73. The standard InChI is InChI=1S/C45H30N2O/c1-4-14-29(15-5-1)32-26-39(31-17-6-2-7-18-31)46-40(27-32)38-28-37-35-22-12-13-23-41(35)48-45(37)42-36-25-24-30-16-10-11-21-34(30)43(36)47(44(38)42)33-19-8-3-9-20-33/h1-28,35,41H/t35?,41-/m1/s1. The fraction of sp³-hybridized carbons (Fsp3) is 0.0444. The number of benzene rings is 6. The van der Waals surface area contributed by atoms with E-state index in [0.29, 0.717) is 0 Å². The Bertz CT molecular complexity index is 2520. The van der Waals surface area contributed by atoms with Crippen molar-refractivity contribution < 1.29 is 4.74 Å². The van der Waals surface area contributed by atoms with Gasteiger partial charge in [-0.2, -0.15) is 0 Å². The number of fused-ring (bicyclic) bond motifs is 9. The molecule has 0 saturated carbocycles. The van der Waals surface area contributed by atoms with Crippen molar-refractivity contribution in [3.8, 4) is 45.1 Å². The lowest BCUT2D eigenvalue weighted by atomic mass is 9.88. The monoisotopic (exact) mass is 614 g/mol. The smallest absolute Gasteiger partial charge is 0.134 e. The summed E-state index contributed by atoms with van der Waals surface area (Å²) in [6.07, 6.45) is 8.67. The molecule has 2 aromatic heterocycles. The Hall–Kier alpha value is -6.19. The molecule has 0 spiro atoms. The number of nitrogens with zero attached hydrogens (tertiary/aromatic N) is 2. The molecule has 0 saturated heterocycles. The summed E-state index contributed by atoms with van der Waals surface area (Å²) in [5.74, 6) is 1.10. The van der Waals surface area contributed by atoms with Crippen LogP contribution in [-0.4, -0.2) is 15.7 Å². The van der Waals surface area contributed by atoms with E-state index >= 15 is 0 Å². The Kier molecular flexibility index (Phi) is 6.00. The molecular formula is C45H30N2O. The van der Waals surface area contributed by atoms with Gasteiger partial charge in [0.15, 0.2) is 0 Å². The predicted molar refractivity (Wildman–Crippen MR) is 198 cm³/mol. The van der Waals surface area contributed by atoms with E-state index in [1.54, 1.807) is 0 Å². The molecule has 0 N–H and O–H groups in total. The van der Waals surface area contributed by atoms with E-state index in [9.17, 15) is 0 Å². The minimum Gasteiger partial charge on any atom is -0.484 e. The van der Waals surface area contributed by atoms with Crippen molar-refractivity contribution >= 4 is 32.6 Å². The second-order valence-corrected chi connectivity index (χ2v) is 12.7. The molecule has 0 radical (unpaired) electrons. The molecule has 6 aromatic carbocycles. The molecule has 0 bridgehead atoms. The maximum absolute atomic E-state index is 6.90. The third-order valence-corrected chi connectivity index (χ3v) is 9.89. The van der Waals surface area contributed by atoms with E-state index in [1.165, 1.54) is 27.2 Å². The van der Waals surface area contributed by atoms with Crippen LogP contribution in [0.1, 0.15) is 11.5 Å². The molecule has 10 rings (SSSR count). The molecular weight excluding hydrogens is 585 g/mol. The first-order chi connectivity index (χ1) is 23.8. The van der Waals surface area contributed by atoms with Crippen molar-refractivity contribution in [1.29, 1.82) is 0 Å². The quantitative estimate of drug-likeness (QED) is 0.197. The van der Waals surface area contributed by atoms with Crippen LogP contribution in [0.25, 0.3) is 71.9 Å². The van der Waals surface area contributed by atoms with Crippen molar-refractivity contribution in [3.05, 3.63) is 175 Å². The van der Waals surface area contributed by atoms with Gasteiger partial charge in [0.05, 0.1) is 27.8 Å². The van der Waals surface area contributed by atoms with Crippen molar-refractivity contribution in [2.45, 2.75) is 12.0 Å². The molecule has 1 unspecified atom stereocenters. The van der Waals surface area contributed by atoms with Gasteiger partial charge in [0.1, 0.15) is 11.9 Å². The lowest BCUT2D eigenvalue weighted by Gasteiger charge is -2.16. The highest BCUT2D eigenvalue weighted by atomic mass is 16.5. The van der Waals surface area contributed by atoms with Crippen LogP contribution in [0.3, 0.4) is 0 Å². The second kappa shape index (κ2) is 10.7. The van der Waals surface area contributed by atoms with Gasteiger partial charge in [-0.1, -0.05) is 133 Å². The summed E-state index contributed by atoms with van der Waals surface area (Å²) in [5.41, 5.74) is 11.0. The molecule has 3 heterocycles. The molecule has 3 nitrogen and oxygen atoms in total. The number of pyridine rings is 1. The Morgan fingerprint density at radius 1 is 0.542 bits per heavy atom. The minimum atomic E-state index is -0.0393. The van der Waals surface area contributed by atoms with Crippen molar-refractivity contribution in [2.24, 2.45) is 0 Å². The molecule has 1 aliphatic carbocycles.